The lowest BCUT2D eigenvalue weighted by atomic mass is 10.1. The topological polar surface area (TPSA) is 75.4 Å². The molecule has 0 saturated carbocycles. The summed E-state index contributed by atoms with van der Waals surface area (Å²) in [6.07, 6.45) is 1.18. The van der Waals surface area contributed by atoms with E-state index in [4.69, 9.17) is 5.73 Å². The zero-order valence-corrected chi connectivity index (χ0v) is 9.69. The van der Waals surface area contributed by atoms with Gasteiger partial charge < -0.3 is 16.0 Å². The van der Waals surface area contributed by atoms with Crippen LogP contribution >= 0.6 is 0 Å². The van der Waals surface area contributed by atoms with Crippen LogP contribution < -0.4 is 16.0 Å². The lowest BCUT2D eigenvalue weighted by Gasteiger charge is -2.10. The van der Waals surface area contributed by atoms with Crippen LogP contribution in [0.3, 0.4) is 0 Å². The molecule has 0 radical (unpaired) electrons. The summed E-state index contributed by atoms with van der Waals surface area (Å²) in [6, 6.07) is 5.41. The fraction of sp³-hybridized carbons (Fsp3) is 0.333. The maximum absolute atomic E-state index is 11.5. The molecule has 2 rings (SSSR count). The standard InChI is InChI=1S/C12H15N3O2/c1-15-10-3-2-8(4-5-14-12(13)17)6-9(10)7-11(15)16/h2-3,6H,4-5,7H2,1H3,(H3,13,14,17). The molecule has 1 aromatic rings. The number of anilines is 1. The molecule has 0 aliphatic carbocycles. The van der Waals surface area contributed by atoms with Crippen LogP contribution in [0.5, 0.6) is 0 Å². The number of nitrogens with one attached hydrogen (secondary N) is 1. The van der Waals surface area contributed by atoms with Gasteiger partial charge >= 0.3 is 6.03 Å². The van der Waals surface area contributed by atoms with Gasteiger partial charge in [-0.05, 0) is 23.6 Å². The van der Waals surface area contributed by atoms with Crippen molar-refractivity contribution in [3.63, 3.8) is 0 Å². The van der Waals surface area contributed by atoms with Crippen molar-refractivity contribution in [3.05, 3.63) is 29.3 Å². The van der Waals surface area contributed by atoms with Gasteiger partial charge in [-0.25, -0.2) is 4.79 Å². The number of carbonyl (C=O) groups excluding carboxylic acids is 2. The molecule has 5 heteroatoms. The first-order valence-electron chi connectivity index (χ1n) is 5.49. The molecule has 1 aromatic carbocycles. The van der Waals surface area contributed by atoms with E-state index in [9.17, 15) is 9.59 Å². The average Bonchev–Trinajstić information content (AvgIpc) is 2.54. The van der Waals surface area contributed by atoms with Crippen LogP contribution in [0.25, 0.3) is 0 Å². The van der Waals surface area contributed by atoms with Crippen molar-refractivity contribution >= 4 is 17.6 Å². The summed E-state index contributed by atoms with van der Waals surface area (Å²) < 4.78 is 0. The molecule has 0 fully saturated rings. The highest BCUT2D eigenvalue weighted by atomic mass is 16.2. The first-order chi connectivity index (χ1) is 8.08. The highest BCUT2D eigenvalue weighted by Crippen LogP contribution is 2.28. The summed E-state index contributed by atoms with van der Waals surface area (Å²) in [5.74, 6) is 0.118. The van der Waals surface area contributed by atoms with E-state index in [2.05, 4.69) is 5.32 Å². The summed E-state index contributed by atoms with van der Waals surface area (Å²) in [4.78, 5) is 23.7. The van der Waals surface area contributed by atoms with E-state index in [-0.39, 0.29) is 5.91 Å². The fourth-order valence-corrected chi connectivity index (χ4v) is 2.01. The Morgan fingerprint density at radius 1 is 1.53 bits per heavy atom. The van der Waals surface area contributed by atoms with Crippen LogP contribution in [0.2, 0.25) is 0 Å². The first-order valence-corrected chi connectivity index (χ1v) is 5.49. The van der Waals surface area contributed by atoms with Gasteiger partial charge in [0.15, 0.2) is 0 Å². The zero-order chi connectivity index (χ0) is 12.4. The average molecular weight is 233 g/mol. The van der Waals surface area contributed by atoms with E-state index in [0.29, 0.717) is 19.4 Å². The van der Waals surface area contributed by atoms with E-state index in [1.807, 2.05) is 18.2 Å². The van der Waals surface area contributed by atoms with Crippen molar-refractivity contribution in [1.82, 2.24) is 5.32 Å². The van der Waals surface area contributed by atoms with Crippen molar-refractivity contribution in [3.8, 4) is 0 Å². The number of benzene rings is 1. The highest BCUT2D eigenvalue weighted by molar-refractivity contribution is 6.00. The van der Waals surface area contributed by atoms with E-state index in [1.165, 1.54) is 0 Å². The number of nitrogens with zero attached hydrogens (tertiary/aromatic N) is 1. The Bertz CT molecular complexity index is 471. The third kappa shape index (κ3) is 2.38. The van der Waals surface area contributed by atoms with Gasteiger partial charge in [-0.15, -0.1) is 0 Å². The molecule has 0 atom stereocenters. The molecule has 1 aliphatic rings. The number of nitrogens with two attached hydrogens (primary N) is 1. The maximum Gasteiger partial charge on any atom is 0.312 e. The smallest absolute Gasteiger partial charge is 0.312 e. The van der Waals surface area contributed by atoms with E-state index >= 15 is 0 Å². The lowest BCUT2D eigenvalue weighted by Crippen LogP contribution is -2.30. The fourth-order valence-electron chi connectivity index (χ4n) is 2.01. The highest BCUT2D eigenvalue weighted by Gasteiger charge is 2.23. The van der Waals surface area contributed by atoms with E-state index in [0.717, 1.165) is 16.8 Å². The van der Waals surface area contributed by atoms with Crippen LogP contribution in [0.15, 0.2) is 18.2 Å². The largest absolute Gasteiger partial charge is 0.352 e. The van der Waals surface area contributed by atoms with Gasteiger partial charge in [0.25, 0.3) is 0 Å². The van der Waals surface area contributed by atoms with E-state index < -0.39 is 6.03 Å². The molecule has 90 valence electrons. The number of hydrogen-bond donors (Lipinski definition) is 2. The van der Waals surface area contributed by atoms with Gasteiger partial charge in [0.2, 0.25) is 5.91 Å². The third-order valence-corrected chi connectivity index (χ3v) is 2.93. The second-order valence-corrected chi connectivity index (χ2v) is 4.13. The molecule has 1 heterocycles. The maximum atomic E-state index is 11.5. The second-order valence-electron chi connectivity index (χ2n) is 4.13. The molecule has 0 saturated heterocycles. The Morgan fingerprint density at radius 2 is 2.29 bits per heavy atom. The minimum atomic E-state index is -0.513. The summed E-state index contributed by atoms with van der Waals surface area (Å²) in [5, 5.41) is 2.54. The summed E-state index contributed by atoms with van der Waals surface area (Å²) in [5.41, 5.74) is 8.10. The summed E-state index contributed by atoms with van der Waals surface area (Å²) in [6.45, 7) is 0.512. The lowest BCUT2D eigenvalue weighted by molar-refractivity contribution is -0.117. The van der Waals surface area contributed by atoms with Gasteiger partial charge in [0.05, 0.1) is 6.42 Å². The zero-order valence-electron chi connectivity index (χ0n) is 9.69. The number of hydrogen-bond acceptors (Lipinski definition) is 2. The number of rotatable bonds is 3. The van der Waals surface area contributed by atoms with Gasteiger partial charge in [-0.3, -0.25) is 4.79 Å². The molecule has 3 amide bonds. The number of fused-ring (bicyclic) bond motifs is 1. The molecule has 17 heavy (non-hydrogen) atoms. The molecule has 0 spiro atoms. The number of primary amides is 1. The Balaban J connectivity index is 2.05. The second kappa shape index (κ2) is 4.45. The Labute approximate surface area is 99.6 Å². The molecule has 1 aliphatic heterocycles. The van der Waals surface area contributed by atoms with Crippen LogP contribution in [0.4, 0.5) is 10.5 Å². The predicted molar refractivity (Wildman–Crippen MR) is 64.8 cm³/mol. The molecular weight excluding hydrogens is 218 g/mol. The van der Waals surface area contributed by atoms with Crippen molar-refractivity contribution in [2.45, 2.75) is 12.8 Å². The minimum Gasteiger partial charge on any atom is -0.352 e. The summed E-state index contributed by atoms with van der Waals surface area (Å²) in [7, 11) is 1.78. The Morgan fingerprint density at radius 3 is 3.00 bits per heavy atom. The van der Waals surface area contributed by atoms with Crippen LogP contribution in [-0.2, 0) is 17.6 Å². The van der Waals surface area contributed by atoms with Crippen LogP contribution in [-0.4, -0.2) is 25.5 Å². The Kier molecular flexibility index (Phi) is 2.99. The monoisotopic (exact) mass is 233 g/mol. The quantitative estimate of drug-likeness (QED) is 0.793. The van der Waals surface area contributed by atoms with Gasteiger partial charge in [-0.2, -0.15) is 0 Å². The van der Waals surface area contributed by atoms with E-state index in [1.54, 1.807) is 11.9 Å². The molecule has 0 bridgehead atoms. The van der Waals surface area contributed by atoms with Crippen molar-refractivity contribution < 1.29 is 9.59 Å². The predicted octanol–water partition coefficient (Wildman–Crippen LogP) is 0.416. The molecule has 5 nitrogen and oxygen atoms in total. The van der Waals surface area contributed by atoms with Crippen molar-refractivity contribution in [2.75, 3.05) is 18.5 Å². The van der Waals surface area contributed by atoms with Gasteiger partial charge in [0.1, 0.15) is 0 Å². The molecule has 0 unspecified atom stereocenters. The first kappa shape index (κ1) is 11.4. The molecule has 0 aromatic heterocycles. The molecular formula is C12H15N3O2. The number of carbonyl (C=O) groups is 2. The third-order valence-electron chi connectivity index (χ3n) is 2.93. The van der Waals surface area contributed by atoms with Crippen molar-refractivity contribution in [2.24, 2.45) is 5.73 Å². The SMILES string of the molecule is CN1C(=O)Cc2cc(CCNC(N)=O)ccc21. The van der Waals surface area contributed by atoms with Crippen LogP contribution in [0.1, 0.15) is 11.1 Å². The Hall–Kier alpha value is -2.04. The van der Waals surface area contributed by atoms with Crippen LogP contribution in [0, 0.1) is 0 Å². The summed E-state index contributed by atoms with van der Waals surface area (Å²) >= 11 is 0. The molecule has 3 N–H and O–H groups in total. The number of amides is 3. The number of likely N-dealkylation sites (N-methyl/N-ethyl adjacent to an activating group) is 1. The number of urea groups is 1. The van der Waals surface area contributed by atoms with Gasteiger partial charge in [-0.1, -0.05) is 12.1 Å². The van der Waals surface area contributed by atoms with Crippen molar-refractivity contribution in [1.29, 1.82) is 0 Å². The minimum absolute atomic E-state index is 0.118. The van der Waals surface area contributed by atoms with Gasteiger partial charge in [0, 0.05) is 19.3 Å². The normalized spacial score (nSPS) is 13.7.